The first kappa shape index (κ1) is 20.1. The van der Waals surface area contributed by atoms with E-state index in [9.17, 15) is 9.59 Å². The van der Waals surface area contributed by atoms with Gasteiger partial charge in [0.25, 0.3) is 0 Å². The number of rotatable bonds is 7. The molecule has 3 N–H and O–H groups in total. The second kappa shape index (κ2) is 9.46. The summed E-state index contributed by atoms with van der Waals surface area (Å²) in [6.45, 7) is 4.89. The molecule has 26 heavy (non-hydrogen) atoms. The van der Waals surface area contributed by atoms with Crippen LogP contribution in [-0.2, 0) is 11.3 Å². The Hall–Kier alpha value is -2.24. The molecule has 1 aromatic carbocycles. The molecule has 0 bridgehead atoms. The van der Waals surface area contributed by atoms with Crippen molar-refractivity contribution in [1.82, 2.24) is 10.2 Å². The Bertz CT molecular complexity index is 639. The minimum Gasteiger partial charge on any atom is -0.496 e. The number of urea groups is 1. The Morgan fingerprint density at radius 2 is 1.88 bits per heavy atom. The van der Waals surface area contributed by atoms with Gasteiger partial charge in [-0.3, -0.25) is 4.79 Å². The fourth-order valence-electron chi connectivity index (χ4n) is 3.58. The zero-order valence-electron chi connectivity index (χ0n) is 16.1. The average molecular weight is 361 g/mol. The van der Waals surface area contributed by atoms with Crippen LogP contribution in [0.1, 0.15) is 55.2 Å². The van der Waals surface area contributed by atoms with Crippen molar-refractivity contribution in [3.05, 3.63) is 28.8 Å². The lowest BCUT2D eigenvalue weighted by atomic mass is 9.93. The van der Waals surface area contributed by atoms with Crippen molar-refractivity contribution < 1.29 is 14.3 Å². The SMILES string of the molecule is COc1cc(C)c(CN(C(=O)NCCC(N)=O)C2CCCCC2)cc1C. The Kier molecular flexibility index (Phi) is 7.30. The molecule has 1 aromatic rings. The number of benzene rings is 1. The standard InChI is InChI=1S/C20H31N3O3/c1-14-12-18(26-3)15(2)11-16(14)13-23(17-7-5-4-6-8-17)20(25)22-10-9-19(21)24/h11-12,17H,4-10,13H2,1-3H3,(H2,21,24)(H,22,25). The van der Waals surface area contributed by atoms with Gasteiger partial charge in [0.1, 0.15) is 5.75 Å². The van der Waals surface area contributed by atoms with E-state index in [-0.39, 0.29) is 25.0 Å². The molecule has 0 atom stereocenters. The van der Waals surface area contributed by atoms with Gasteiger partial charge in [-0.15, -0.1) is 0 Å². The fraction of sp³-hybridized carbons (Fsp3) is 0.600. The highest BCUT2D eigenvalue weighted by Gasteiger charge is 2.26. The maximum Gasteiger partial charge on any atom is 0.317 e. The van der Waals surface area contributed by atoms with Crippen molar-refractivity contribution in [1.29, 1.82) is 0 Å². The summed E-state index contributed by atoms with van der Waals surface area (Å²) in [6.07, 6.45) is 5.74. The minimum absolute atomic E-state index is 0.119. The van der Waals surface area contributed by atoms with E-state index in [0.29, 0.717) is 6.54 Å². The quantitative estimate of drug-likeness (QED) is 0.783. The van der Waals surface area contributed by atoms with Gasteiger partial charge >= 0.3 is 6.03 Å². The van der Waals surface area contributed by atoms with E-state index in [2.05, 4.69) is 11.4 Å². The Labute approximate surface area is 156 Å². The van der Waals surface area contributed by atoms with E-state index in [1.165, 1.54) is 6.42 Å². The highest BCUT2D eigenvalue weighted by molar-refractivity contribution is 5.77. The van der Waals surface area contributed by atoms with Crippen molar-refractivity contribution in [3.8, 4) is 5.75 Å². The molecule has 0 unspecified atom stereocenters. The number of methoxy groups -OCH3 is 1. The van der Waals surface area contributed by atoms with Gasteiger partial charge in [-0.1, -0.05) is 25.3 Å². The molecule has 0 saturated heterocycles. The summed E-state index contributed by atoms with van der Waals surface area (Å²) in [4.78, 5) is 25.6. The molecule has 0 aliphatic heterocycles. The van der Waals surface area contributed by atoms with Crippen molar-refractivity contribution >= 4 is 11.9 Å². The van der Waals surface area contributed by atoms with E-state index >= 15 is 0 Å². The molecule has 144 valence electrons. The zero-order valence-corrected chi connectivity index (χ0v) is 16.1. The summed E-state index contributed by atoms with van der Waals surface area (Å²) >= 11 is 0. The largest absolute Gasteiger partial charge is 0.496 e. The fourth-order valence-corrected chi connectivity index (χ4v) is 3.58. The minimum atomic E-state index is -0.406. The van der Waals surface area contributed by atoms with E-state index in [4.69, 9.17) is 10.5 Å². The van der Waals surface area contributed by atoms with Gasteiger partial charge in [-0.2, -0.15) is 0 Å². The van der Waals surface area contributed by atoms with Gasteiger partial charge < -0.3 is 20.7 Å². The van der Waals surface area contributed by atoms with Gasteiger partial charge in [0.05, 0.1) is 7.11 Å². The number of nitrogens with two attached hydrogens (primary N) is 1. The number of aryl methyl sites for hydroxylation is 2. The summed E-state index contributed by atoms with van der Waals surface area (Å²) in [5.41, 5.74) is 8.46. The lowest BCUT2D eigenvalue weighted by Gasteiger charge is -2.35. The van der Waals surface area contributed by atoms with Crippen molar-refractivity contribution in [2.75, 3.05) is 13.7 Å². The number of hydrogen-bond acceptors (Lipinski definition) is 3. The number of amides is 3. The van der Waals surface area contributed by atoms with Crippen LogP contribution in [0.2, 0.25) is 0 Å². The first-order valence-corrected chi connectivity index (χ1v) is 9.39. The topological polar surface area (TPSA) is 84.7 Å². The second-order valence-corrected chi connectivity index (χ2v) is 7.12. The summed E-state index contributed by atoms with van der Waals surface area (Å²) in [5, 5.41) is 2.85. The van der Waals surface area contributed by atoms with Crippen LogP contribution >= 0.6 is 0 Å². The average Bonchev–Trinajstić information content (AvgIpc) is 2.62. The predicted octanol–water partition coefficient (Wildman–Crippen LogP) is 3.03. The van der Waals surface area contributed by atoms with Crippen LogP contribution in [-0.4, -0.2) is 36.5 Å². The van der Waals surface area contributed by atoms with Crippen LogP contribution in [0.15, 0.2) is 12.1 Å². The number of nitrogens with one attached hydrogen (secondary N) is 1. The number of nitrogens with zero attached hydrogens (tertiary/aromatic N) is 1. The van der Waals surface area contributed by atoms with Crippen LogP contribution in [0.5, 0.6) is 5.75 Å². The molecular formula is C20H31N3O3. The third-order valence-electron chi connectivity index (χ3n) is 5.12. The number of ether oxygens (including phenoxy) is 1. The monoisotopic (exact) mass is 361 g/mol. The molecule has 0 spiro atoms. The maximum atomic E-state index is 12.8. The third-order valence-corrected chi connectivity index (χ3v) is 5.12. The summed E-state index contributed by atoms with van der Waals surface area (Å²) < 4.78 is 5.39. The number of hydrogen-bond donors (Lipinski definition) is 2. The van der Waals surface area contributed by atoms with Gasteiger partial charge in [0.2, 0.25) is 5.91 Å². The second-order valence-electron chi connectivity index (χ2n) is 7.12. The highest BCUT2D eigenvalue weighted by atomic mass is 16.5. The Morgan fingerprint density at radius 1 is 1.19 bits per heavy atom. The van der Waals surface area contributed by atoms with E-state index in [0.717, 1.165) is 48.1 Å². The summed E-state index contributed by atoms with van der Waals surface area (Å²) in [6, 6.07) is 4.24. The summed E-state index contributed by atoms with van der Waals surface area (Å²) in [5.74, 6) is 0.456. The predicted molar refractivity (Wildman–Crippen MR) is 102 cm³/mol. The first-order chi connectivity index (χ1) is 12.4. The smallest absolute Gasteiger partial charge is 0.317 e. The van der Waals surface area contributed by atoms with Gasteiger partial charge in [-0.05, 0) is 49.4 Å². The zero-order chi connectivity index (χ0) is 19.1. The van der Waals surface area contributed by atoms with E-state index in [1.807, 2.05) is 24.8 Å². The molecule has 3 amide bonds. The highest BCUT2D eigenvalue weighted by Crippen LogP contribution is 2.27. The molecule has 1 aliphatic carbocycles. The van der Waals surface area contributed by atoms with E-state index < -0.39 is 5.91 Å². The molecular weight excluding hydrogens is 330 g/mol. The molecule has 2 rings (SSSR count). The Morgan fingerprint density at radius 3 is 2.50 bits per heavy atom. The van der Waals surface area contributed by atoms with Crippen LogP contribution in [0.25, 0.3) is 0 Å². The molecule has 0 heterocycles. The molecule has 1 fully saturated rings. The van der Waals surface area contributed by atoms with Crippen LogP contribution < -0.4 is 15.8 Å². The van der Waals surface area contributed by atoms with Crippen LogP contribution in [0.3, 0.4) is 0 Å². The molecule has 0 aromatic heterocycles. The third kappa shape index (κ3) is 5.38. The van der Waals surface area contributed by atoms with Crippen molar-refractivity contribution in [2.24, 2.45) is 5.73 Å². The first-order valence-electron chi connectivity index (χ1n) is 9.39. The number of primary amides is 1. The lowest BCUT2D eigenvalue weighted by Crippen LogP contribution is -2.47. The molecule has 1 saturated carbocycles. The van der Waals surface area contributed by atoms with Crippen LogP contribution in [0.4, 0.5) is 4.79 Å². The van der Waals surface area contributed by atoms with Gasteiger partial charge in [0, 0.05) is 25.6 Å². The lowest BCUT2D eigenvalue weighted by molar-refractivity contribution is -0.117. The molecule has 6 heteroatoms. The molecule has 1 aliphatic rings. The van der Waals surface area contributed by atoms with E-state index in [1.54, 1.807) is 7.11 Å². The van der Waals surface area contributed by atoms with Crippen molar-refractivity contribution in [3.63, 3.8) is 0 Å². The molecule has 0 radical (unpaired) electrons. The summed E-state index contributed by atoms with van der Waals surface area (Å²) in [7, 11) is 1.67. The number of carbonyl (C=O) groups excluding carboxylic acids is 2. The molecule has 6 nitrogen and oxygen atoms in total. The van der Waals surface area contributed by atoms with Gasteiger partial charge in [-0.25, -0.2) is 4.79 Å². The maximum absolute atomic E-state index is 12.8. The Balaban J connectivity index is 2.16. The normalized spacial score (nSPS) is 14.7. The van der Waals surface area contributed by atoms with Crippen LogP contribution in [0, 0.1) is 13.8 Å². The number of carbonyl (C=O) groups is 2. The van der Waals surface area contributed by atoms with Gasteiger partial charge in [0.15, 0.2) is 0 Å². The van der Waals surface area contributed by atoms with Crippen molar-refractivity contribution in [2.45, 2.75) is 65.0 Å².